The summed E-state index contributed by atoms with van der Waals surface area (Å²) >= 11 is 7.90. The summed E-state index contributed by atoms with van der Waals surface area (Å²) in [4.78, 5) is 0. The lowest BCUT2D eigenvalue weighted by Gasteiger charge is -2.19. The zero-order valence-corrected chi connectivity index (χ0v) is 10.7. The number of hydrogen-bond acceptors (Lipinski definition) is 3. The predicted octanol–water partition coefficient (Wildman–Crippen LogP) is 3.48. The van der Waals surface area contributed by atoms with Crippen molar-refractivity contribution in [2.24, 2.45) is 0 Å². The van der Waals surface area contributed by atoms with E-state index in [9.17, 15) is 0 Å². The van der Waals surface area contributed by atoms with Gasteiger partial charge >= 0.3 is 0 Å². The molecule has 0 aliphatic rings. The van der Waals surface area contributed by atoms with Crippen molar-refractivity contribution in [1.29, 1.82) is 0 Å². The zero-order valence-electron chi connectivity index (χ0n) is 9.09. The van der Waals surface area contributed by atoms with E-state index < -0.39 is 0 Å². The second kappa shape index (κ2) is 6.13. The molecule has 0 heterocycles. The highest BCUT2D eigenvalue weighted by Gasteiger charge is 2.09. The van der Waals surface area contributed by atoms with E-state index in [0.29, 0.717) is 16.8 Å². The Morgan fingerprint density at radius 2 is 2.27 bits per heavy atom. The van der Waals surface area contributed by atoms with Crippen LogP contribution in [0.4, 0.5) is 11.4 Å². The van der Waals surface area contributed by atoms with Gasteiger partial charge in [0, 0.05) is 11.8 Å². The van der Waals surface area contributed by atoms with Crippen LogP contribution in [-0.2, 0) is 0 Å². The molecule has 1 atom stereocenters. The van der Waals surface area contributed by atoms with Crippen molar-refractivity contribution >= 4 is 34.7 Å². The molecule has 0 saturated heterocycles. The quantitative estimate of drug-likeness (QED) is 0.779. The third kappa shape index (κ3) is 3.50. The van der Waals surface area contributed by atoms with Gasteiger partial charge in [0.05, 0.1) is 16.4 Å². The van der Waals surface area contributed by atoms with E-state index in [-0.39, 0.29) is 0 Å². The van der Waals surface area contributed by atoms with Crippen molar-refractivity contribution in [1.82, 2.24) is 0 Å². The standard InChI is InChI=1S/C11H17ClN2S/c1-3-8(7-15-2)14-11-9(12)5-4-6-10(11)13/h4-6,8,14H,3,7,13H2,1-2H3. The third-order valence-electron chi connectivity index (χ3n) is 2.25. The van der Waals surface area contributed by atoms with Crippen LogP contribution in [0.2, 0.25) is 5.02 Å². The van der Waals surface area contributed by atoms with Gasteiger partial charge in [0.2, 0.25) is 0 Å². The molecule has 2 nitrogen and oxygen atoms in total. The van der Waals surface area contributed by atoms with Crippen LogP contribution >= 0.6 is 23.4 Å². The van der Waals surface area contributed by atoms with Crippen LogP contribution in [0.5, 0.6) is 0 Å². The van der Waals surface area contributed by atoms with Crippen LogP contribution in [0.3, 0.4) is 0 Å². The maximum Gasteiger partial charge on any atom is 0.0765 e. The first-order valence-electron chi connectivity index (χ1n) is 4.98. The summed E-state index contributed by atoms with van der Waals surface area (Å²) in [6, 6.07) is 5.99. The topological polar surface area (TPSA) is 38.0 Å². The van der Waals surface area contributed by atoms with Crippen LogP contribution < -0.4 is 11.1 Å². The molecule has 0 aliphatic carbocycles. The summed E-state index contributed by atoms with van der Waals surface area (Å²) in [6.07, 6.45) is 3.16. The second-order valence-corrected chi connectivity index (χ2v) is 4.73. The van der Waals surface area contributed by atoms with Crippen LogP contribution in [0.15, 0.2) is 18.2 Å². The Morgan fingerprint density at radius 3 is 2.80 bits per heavy atom. The number of para-hydroxylation sites is 1. The highest BCUT2D eigenvalue weighted by atomic mass is 35.5. The monoisotopic (exact) mass is 244 g/mol. The summed E-state index contributed by atoms with van der Waals surface area (Å²) in [5.74, 6) is 1.06. The molecule has 0 amide bonds. The second-order valence-electron chi connectivity index (χ2n) is 3.41. The molecule has 1 aromatic carbocycles. The Hall–Kier alpha value is -0.540. The first-order valence-corrected chi connectivity index (χ1v) is 6.75. The molecule has 15 heavy (non-hydrogen) atoms. The van der Waals surface area contributed by atoms with E-state index in [1.807, 2.05) is 30.0 Å². The molecule has 0 bridgehead atoms. The minimum absolute atomic E-state index is 0.419. The van der Waals surface area contributed by atoms with Crippen molar-refractivity contribution in [3.8, 4) is 0 Å². The van der Waals surface area contributed by atoms with Crippen molar-refractivity contribution in [3.05, 3.63) is 23.2 Å². The molecule has 0 aromatic heterocycles. The van der Waals surface area contributed by atoms with Crippen LogP contribution in [0.25, 0.3) is 0 Å². The van der Waals surface area contributed by atoms with Gasteiger partial charge in [-0.1, -0.05) is 24.6 Å². The zero-order chi connectivity index (χ0) is 11.3. The first kappa shape index (κ1) is 12.5. The smallest absolute Gasteiger partial charge is 0.0765 e. The van der Waals surface area contributed by atoms with Gasteiger partial charge in [0.25, 0.3) is 0 Å². The molecule has 0 spiro atoms. The van der Waals surface area contributed by atoms with Gasteiger partial charge in [-0.3, -0.25) is 0 Å². The highest BCUT2D eigenvalue weighted by molar-refractivity contribution is 7.98. The fourth-order valence-electron chi connectivity index (χ4n) is 1.36. The minimum Gasteiger partial charge on any atom is -0.397 e. The van der Waals surface area contributed by atoms with E-state index in [1.165, 1.54) is 0 Å². The van der Waals surface area contributed by atoms with Gasteiger partial charge in [0.15, 0.2) is 0 Å². The van der Waals surface area contributed by atoms with Gasteiger partial charge in [-0.2, -0.15) is 11.8 Å². The lowest BCUT2D eigenvalue weighted by atomic mass is 10.2. The summed E-state index contributed by atoms with van der Waals surface area (Å²) in [5, 5.41) is 4.08. The molecule has 1 aromatic rings. The van der Waals surface area contributed by atoms with Gasteiger partial charge in [-0.05, 0) is 24.8 Å². The van der Waals surface area contributed by atoms with Crippen LogP contribution in [0, 0.1) is 0 Å². The number of hydrogen-bond donors (Lipinski definition) is 2. The lowest BCUT2D eigenvalue weighted by Crippen LogP contribution is -2.22. The SMILES string of the molecule is CCC(CSC)Nc1c(N)cccc1Cl. The molecule has 0 fully saturated rings. The largest absolute Gasteiger partial charge is 0.397 e. The molecule has 0 aliphatic heterocycles. The molecule has 84 valence electrons. The van der Waals surface area contributed by atoms with Crippen molar-refractivity contribution in [2.75, 3.05) is 23.1 Å². The molecule has 0 saturated carbocycles. The van der Waals surface area contributed by atoms with Crippen molar-refractivity contribution < 1.29 is 0 Å². The lowest BCUT2D eigenvalue weighted by molar-refractivity contribution is 0.775. The fraction of sp³-hybridized carbons (Fsp3) is 0.455. The van der Waals surface area contributed by atoms with Crippen LogP contribution in [-0.4, -0.2) is 18.1 Å². The number of thioether (sulfide) groups is 1. The summed E-state index contributed by atoms with van der Waals surface area (Å²) in [7, 11) is 0. The van der Waals surface area contributed by atoms with E-state index in [4.69, 9.17) is 17.3 Å². The van der Waals surface area contributed by atoms with Crippen molar-refractivity contribution in [2.45, 2.75) is 19.4 Å². The highest BCUT2D eigenvalue weighted by Crippen LogP contribution is 2.29. The first-order chi connectivity index (χ1) is 7.19. The third-order valence-corrected chi connectivity index (χ3v) is 3.31. The van der Waals surface area contributed by atoms with Gasteiger partial charge < -0.3 is 11.1 Å². The molecular weight excluding hydrogens is 228 g/mol. The number of halogens is 1. The molecule has 1 unspecified atom stereocenters. The van der Waals surface area contributed by atoms with Gasteiger partial charge in [0.1, 0.15) is 0 Å². The number of nitrogens with one attached hydrogen (secondary N) is 1. The average Bonchev–Trinajstić information content (AvgIpc) is 2.22. The number of benzene rings is 1. The van der Waals surface area contributed by atoms with E-state index >= 15 is 0 Å². The van der Waals surface area contributed by atoms with E-state index in [0.717, 1.165) is 17.9 Å². The van der Waals surface area contributed by atoms with E-state index in [1.54, 1.807) is 0 Å². The summed E-state index contributed by atoms with van der Waals surface area (Å²) in [6.45, 7) is 2.15. The van der Waals surface area contributed by atoms with Gasteiger partial charge in [-0.15, -0.1) is 0 Å². The predicted molar refractivity (Wildman–Crippen MR) is 71.9 cm³/mol. The number of anilines is 2. The Morgan fingerprint density at radius 1 is 1.53 bits per heavy atom. The van der Waals surface area contributed by atoms with E-state index in [2.05, 4.69) is 18.5 Å². The average molecular weight is 245 g/mol. The molecular formula is C11H17ClN2S. The summed E-state index contributed by atoms with van der Waals surface area (Å²) < 4.78 is 0. The minimum atomic E-state index is 0.419. The maximum atomic E-state index is 6.08. The number of nitrogens with two attached hydrogens (primary N) is 1. The number of nitrogen functional groups attached to an aromatic ring is 1. The van der Waals surface area contributed by atoms with Gasteiger partial charge in [-0.25, -0.2) is 0 Å². The molecule has 3 N–H and O–H groups in total. The fourth-order valence-corrected chi connectivity index (χ4v) is 2.32. The molecule has 0 radical (unpaired) electrons. The summed E-state index contributed by atoms with van der Waals surface area (Å²) in [5.41, 5.74) is 7.44. The Bertz CT molecular complexity index is 297. The molecule has 1 rings (SSSR count). The Labute approximate surface area is 101 Å². The number of rotatable bonds is 5. The Balaban J connectivity index is 2.78. The van der Waals surface area contributed by atoms with Crippen LogP contribution in [0.1, 0.15) is 13.3 Å². The van der Waals surface area contributed by atoms with Crippen molar-refractivity contribution in [3.63, 3.8) is 0 Å². The normalized spacial score (nSPS) is 12.5. The molecule has 4 heteroatoms. The maximum absolute atomic E-state index is 6.08. The Kier molecular flexibility index (Phi) is 5.12.